The number of aliphatic hydroxyl groups excluding tert-OH is 1. The highest BCUT2D eigenvalue weighted by atomic mass is 19.4. The number of carbonyl (C=O) groups is 1. The Bertz CT molecular complexity index is 983. The number of amides is 1. The zero-order chi connectivity index (χ0) is 23.1. The van der Waals surface area contributed by atoms with Crippen LogP contribution in [0.3, 0.4) is 0 Å². The average molecular weight is 448 g/mol. The first-order chi connectivity index (χ1) is 15.1. The number of hydrogen-bond donors (Lipinski definition) is 2. The smallest absolute Gasteiger partial charge is 0.387 e. The lowest BCUT2D eigenvalue weighted by Gasteiger charge is -2.39. The van der Waals surface area contributed by atoms with Gasteiger partial charge in [-0.25, -0.2) is 0 Å². The minimum Gasteiger partial charge on any atom is -0.387 e. The fraction of sp³-hybridized carbons (Fsp3) is 0.458. The molecule has 32 heavy (non-hydrogen) atoms. The van der Waals surface area contributed by atoms with Gasteiger partial charge in [-0.1, -0.05) is 24.3 Å². The first-order valence-electron chi connectivity index (χ1n) is 10.8. The van der Waals surface area contributed by atoms with Gasteiger partial charge in [-0.2, -0.15) is 13.2 Å². The van der Waals surface area contributed by atoms with Gasteiger partial charge in [0.25, 0.3) is 0 Å². The van der Waals surface area contributed by atoms with Gasteiger partial charge >= 0.3 is 6.18 Å². The van der Waals surface area contributed by atoms with Crippen LogP contribution in [0.5, 0.6) is 0 Å². The molecule has 8 heteroatoms. The van der Waals surface area contributed by atoms with Crippen molar-refractivity contribution in [3.8, 4) is 0 Å². The molecule has 1 fully saturated rings. The maximum absolute atomic E-state index is 12.8. The lowest BCUT2D eigenvalue weighted by atomic mass is 9.84. The molecular formula is C24H27F3N2O3. The van der Waals surface area contributed by atoms with E-state index in [4.69, 9.17) is 0 Å². The van der Waals surface area contributed by atoms with Gasteiger partial charge in [0.2, 0.25) is 5.91 Å². The Morgan fingerprint density at radius 2 is 1.75 bits per heavy atom. The normalized spacial score (nSPS) is 19.6. The van der Waals surface area contributed by atoms with Gasteiger partial charge in [0.05, 0.1) is 17.3 Å². The van der Waals surface area contributed by atoms with E-state index >= 15 is 0 Å². The highest BCUT2D eigenvalue weighted by Gasteiger charge is 2.36. The number of alkyl halides is 3. The Morgan fingerprint density at radius 1 is 1.09 bits per heavy atom. The number of β-amino-alcohol motifs (C(OH)–C–C–N with tert-alkyl or cyclic N) is 1. The van der Waals surface area contributed by atoms with Crippen LogP contribution < -0.4 is 4.90 Å². The molecule has 0 radical (unpaired) electrons. The lowest BCUT2D eigenvalue weighted by molar-refractivity contribution is -0.137. The van der Waals surface area contributed by atoms with E-state index in [9.17, 15) is 28.2 Å². The summed E-state index contributed by atoms with van der Waals surface area (Å²) in [6.45, 7) is 3.65. The molecule has 0 aliphatic carbocycles. The number of benzene rings is 2. The molecule has 0 aromatic heterocycles. The Morgan fingerprint density at radius 3 is 2.34 bits per heavy atom. The summed E-state index contributed by atoms with van der Waals surface area (Å²) in [5.41, 5.74) is 1.32. The van der Waals surface area contributed by atoms with E-state index in [2.05, 4.69) is 4.90 Å². The molecule has 1 saturated heterocycles. The summed E-state index contributed by atoms with van der Waals surface area (Å²) in [6.07, 6.45) is -3.59. The zero-order valence-corrected chi connectivity index (χ0v) is 17.9. The summed E-state index contributed by atoms with van der Waals surface area (Å²) in [5, 5.41) is 21.7. The van der Waals surface area contributed by atoms with E-state index in [1.165, 1.54) is 12.1 Å². The Hall–Kier alpha value is -2.42. The predicted octanol–water partition coefficient (Wildman–Crippen LogP) is 3.63. The molecule has 5 nitrogen and oxygen atoms in total. The average Bonchev–Trinajstić information content (AvgIpc) is 3.18. The topological polar surface area (TPSA) is 64.0 Å². The van der Waals surface area contributed by atoms with Crippen molar-refractivity contribution in [2.45, 2.75) is 44.1 Å². The van der Waals surface area contributed by atoms with E-state index in [0.717, 1.165) is 35.4 Å². The third-order valence-electron chi connectivity index (χ3n) is 6.63. The molecule has 0 bridgehead atoms. The lowest BCUT2D eigenvalue weighted by Crippen LogP contribution is -2.44. The molecule has 172 valence electrons. The number of anilines is 1. The number of piperidine rings is 1. The van der Waals surface area contributed by atoms with Crippen molar-refractivity contribution in [2.24, 2.45) is 0 Å². The fourth-order valence-electron chi connectivity index (χ4n) is 4.67. The molecule has 2 aromatic carbocycles. The van der Waals surface area contributed by atoms with Crippen LogP contribution in [0, 0.1) is 0 Å². The third-order valence-corrected chi connectivity index (χ3v) is 6.63. The number of aliphatic hydroxyl groups is 2. The summed E-state index contributed by atoms with van der Waals surface area (Å²) in [6, 6.07) is 10.4. The summed E-state index contributed by atoms with van der Waals surface area (Å²) in [7, 11) is 0. The van der Waals surface area contributed by atoms with Crippen LogP contribution in [0.1, 0.15) is 48.1 Å². The van der Waals surface area contributed by atoms with Gasteiger partial charge in [0.15, 0.2) is 0 Å². The molecule has 2 aliphatic heterocycles. The van der Waals surface area contributed by atoms with Crippen LogP contribution in [0.2, 0.25) is 0 Å². The third kappa shape index (κ3) is 4.53. The molecule has 2 heterocycles. The van der Waals surface area contributed by atoms with E-state index in [0.29, 0.717) is 44.6 Å². The Labute approximate surface area is 185 Å². The standard InChI is InChI=1S/C24H27F3N2O3/c1-16(30)29-11-8-17-14-18(2-7-21(17)29)22(31)15-28-12-9-23(32,10-13-28)19-3-5-20(6-4-19)24(25,26)27/h2-7,14,22,31-32H,8-13,15H2,1H3. The quantitative estimate of drug-likeness (QED) is 0.750. The minimum atomic E-state index is -4.40. The molecule has 4 rings (SSSR count). The van der Waals surface area contributed by atoms with Crippen LogP contribution >= 0.6 is 0 Å². The van der Waals surface area contributed by atoms with Crippen molar-refractivity contribution in [1.82, 2.24) is 4.90 Å². The monoisotopic (exact) mass is 448 g/mol. The van der Waals surface area contributed by atoms with Gasteiger partial charge in [0, 0.05) is 38.8 Å². The SMILES string of the molecule is CC(=O)N1CCc2cc(C(O)CN3CCC(O)(c4ccc(C(F)(F)F)cc4)CC3)ccc21. The van der Waals surface area contributed by atoms with Crippen LogP contribution in [0.25, 0.3) is 0 Å². The van der Waals surface area contributed by atoms with E-state index < -0.39 is 23.4 Å². The number of rotatable bonds is 4. The van der Waals surface area contributed by atoms with Crippen molar-refractivity contribution >= 4 is 11.6 Å². The second kappa shape index (κ2) is 8.50. The van der Waals surface area contributed by atoms with Crippen LogP contribution in [0.15, 0.2) is 42.5 Å². The number of hydrogen-bond acceptors (Lipinski definition) is 4. The maximum atomic E-state index is 12.8. The summed E-state index contributed by atoms with van der Waals surface area (Å²) >= 11 is 0. The summed E-state index contributed by atoms with van der Waals surface area (Å²) < 4.78 is 38.4. The van der Waals surface area contributed by atoms with Crippen LogP contribution in [-0.4, -0.2) is 47.2 Å². The van der Waals surface area contributed by atoms with E-state index in [-0.39, 0.29) is 5.91 Å². The Balaban J connectivity index is 1.36. The largest absolute Gasteiger partial charge is 0.416 e. The summed E-state index contributed by atoms with van der Waals surface area (Å²) in [4.78, 5) is 15.5. The minimum absolute atomic E-state index is 0.00546. The molecule has 1 amide bonds. The van der Waals surface area contributed by atoms with Crippen molar-refractivity contribution in [1.29, 1.82) is 0 Å². The zero-order valence-electron chi connectivity index (χ0n) is 17.9. The number of likely N-dealkylation sites (tertiary alicyclic amines) is 1. The maximum Gasteiger partial charge on any atom is 0.416 e. The molecule has 0 spiro atoms. The first-order valence-corrected chi connectivity index (χ1v) is 10.8. The van der Waals surface area contributed by atoms with Gasteiger partial charge in [-0.3, -0.25) is 4.79 Å². The van der Waals surface area contributed by atoms with E-state index in [1.54, 1.807) is 11.8 Å². The number of carbonyl (C=O) groups excluding carboxylic acids is 1. The van der Waals surface area contributed by atoms with Crippen molar-refractivity contribution < 1.29 is 28.2 Å². The summed E-state index contributed by atoms with van der Waals surface area (Å²) in [5.74, 6) is 0.00546. The second-order valence-electron chi connectivity index (χ2n) is 8.73. The van der Waals surface area contributed by atoms with Crippen molar-refractivity contribution in [3.63, 3.8) is 0 Å². The molecule has 0 saturated carbocycles. The Kier molecular flexibility index (Phi) is 6.04. The molecule has 1 atom stereocenters. The van der Waals surface area contributed by atoms with Gasteiger partial charge in [-0.15, -0.1) is 0 Å². The van der Waals surface area contributed by atoms with Crippen LogP contribution in [-0.2, 0) is 23.0 Å². The highest BCUT2D eigenvalue weighted by molar-refractivity contribution is 5.93. The molecule has 1 unspecified atom stereocenters. The number of fused-ring (bicyclic) bond motifs is 1. The predicted molar refractivity (Wildman–Crippen MR) is 114 cm³/mol. The molecule has 2 aliphatic rings. The number of nitrogens with zero attached hydrogens (tertiary/aromatic N) is 2. The van der Waals surface area contributed by atoms with Gasteiger partial charge in [-0.05, 0) is 54.2 Å². The first kappa shape index (κ1) is 22.8. The molecular weight excluding hydrogens is 421 g/mol. The van der Waals surface area contributed by atoms with E-state index in [1.807, 2.05) is 18.2 Å². The number of halogens is 3. The van der Waals surface area contributed by atoms with Crippen molar-refractivity contribution in [2.75, 3.05) is 31.1 Å². The van der Waals surface area contributed by atoms with Gasteiger partial charge in [0.1, 0.15) is 0 Å². The second-order valence-corrected chi connectivity index (χ2v) is 8.73. The van der Waals surface area contributed by atoms with Crippen molar-refractivity contribution in [3.05, 3.63) is 64.7 Å². The molecule has 2 N–H and O–H groups in total. The molecule has 2 aromatic rings. The fourth-order valence-corrected chi connectivity index (χ4v) is 4.67. The van der Waals surface area contributed by atoms with Gasteiger partial charge < -0.3 is 20.0 Å². The highest BCUT2D eigenvalue weighted by Crippen LogP contribution is 2.36. The van der Waals surface area contributed by atoms with Crippen LogP contribution in [0.4, 0.5) is 18.9 Å².